The number of halogens is 2. The molecule has 0 saturated carbocycles. The molecule has 0 aliphatic carbocycles. The highest BCUT2D eigenvalue weighted by molar-refractivity contribution is 6.04. The van der Waals surface area contributed by atoms with Gasteiger partial charge in [-0.3, -0.25) is 9.79 Å². The minimum atomic E-state index is -0.631. The molecule has 0 radical (unpaired) electrons. The fourth-order valence-corrected chi connectivity index (χ4v) is 4.46. The number of aliphatic imine (C=N–C) groups is 1. The first-order valence-electron chi connectivity index (χ1n) is 11.5. The quantitative estimate of drug-likeness (QED) is 0.577. The van der Waals surface area contributed by atoms with Gasteiger partial charge in [-0.1, -0.05) is 51.1 Å². The third-order valence-electron chi connectivity index (χ3n) is 5.95. The van der Waals surface area contributed by atoms with Gasteiger partial charge in [0.15, 0.2) is 0 Å². The van der Waals surface area contributed by atoms with Gasteiger partial charge in [-0.15, -0.1) is 0 Å². The Morgan fingerprint density at radius 3 is 2.50 bits per heavy atom. The fraction of sp³-hybridized carbons (Fsp3) is 0.407. The molecule has 0 saturated heterocycles. The van der Waals surface area contributed by atoms with Crippen LogP contribution in [0, 0.1) is 17.0 Å². The summed E-state index contributed by atoms with van der Waals surface area (Å²) in [7, 11) is 0. The Labute approximate surface area is 200 Å². The summed E-state index contributed by atoms with van der Waals surface area (Å²) in [4.78, 5) is 19.3. The molecule has 1 aliphatic heterocycles. The number of benzene rings is 2. The molecule has 1 amide bonds. The maximum Gasteiger partial charge on any atom is 0.248 e. The smallest absolute Gasteiger partial charge is 0.248 e. The lowest BCUT2D eigenvalue weighted by molar-refractivity contribution is -0.138. The zero-order valence-corrected chi connectivity index (χ0v) is 20.0. The number of carbonyl (C=O) groups excluding carboxylic acids is 1. The summed E-state index contributed by atoms with van der Waals surface area (Å²) in [5, 5.41) is 9.69. The van der Waals surface area contributed by atoms with Crippen LogP contribution in [0.15, 0.2) is 64.8 Å². The maximum atomic E-state index is 14.7. The zero-order valence-electron chi connectivity index (χ0n) is 20.0. The van der Waals surface area contributed by atoms with Gasteiger partial charge in [0.1, 0.15) is 18.2 Å². The van der Waals surface area contributed by atoms with Crippen molar-refractivity contribution in [3.63, 3.8) is 0 Å². The first-order chi connectivity index (χ1) is 16.2. The number of nitrogens with zero attached hydrogens (tertiary/aromatic N) is 2. The minimum absolute atomic E-state index is 0.121. The lowest BCUT2D eigenvalue weighted by atomic mass is 9.81. The Kier molecular flexibility index (Phi) is 8.33. The van der Waals surface area contributed by atoms with Crippen LogP contribution in [0.25, 0.3) is 0 Å². The molecule has 1 unspecified atom stereocenters. The second kappa shape index (κ2) is 11.0. The Bertz CT molecular complexity index is 1080. The molecule has 2 aromatic carbocycles. The molecule has 3 rings (SSSR count). The summed E-state index contributed by atoms with van der Waals surface area (Å²) in [6.45, 7) is 6.13. The fourth-order valence-electron chi connectivity index (χ4n) is 4.46. The van der Waals surface area contributed by atoms with E-state index in [4.69, 9.17) is 10.7 Å². The highest BCUT2D eigenvalue weighted by Gasteiger charge is 2.39. The van der Waals surface area contributed by atoms with E-state index in [9.17, 15) is 18.7 Å². The van der Waals surface area contributed by atoms with Crippen LogP contribution in [0.1, 0.15) is 44.7 Å². The van der Waals surface area contributed by atoms with E-state index in [1.807, 2.05) is 51.1 Å². The van der Waals surface area contributed by atoms with Gasteiger partial charge in [0.05, 0.1) is 17.5 Å². The molecule has 3 N–H and O–H groups in total. The van der Waals surface area contributed by atoms with Crippen LogP contribution >= 0.6 is 0 Å². The molecular formula is C27H33F2N3O2. The van der Waals surface area contributed by atoms with Gasteiger partial charge in [0.2, 0.25) is 5.91 Å². The number of allylic oxidation sites excluding steroid dienone is 1. The van der Waals surface area contributed by atoms with Crippen LogP contribution in [0.4, 0.5) is 8.78 Å². The number of hydrogen-bond donors (Lipinski definition) is 2. The van der Waals surface area contributed by atoms with Crippen molar-refractivity contribution in [1.29, 1.82) is 0 Å². The van der Waals surface area contributed by atoms with Crippen LogP contribution in [0.2, 0.25) is 0 Å². The van der Waals surface area contributed by atoms with Crippen molar-refractivity contribution >= 4 is 11.6 Å². The first kappa shape index (κ1) is 25.7. The van der Waals surface area contributed by atoms with E-state index in [2.05, 4.69) is 0 Å². The van der Waals surface area contributed by atoms with Gasteiger partial charge in [-0.05, 0) is 54.1 Å². The number of carbonyl (C=O) groups is 1. The first-order valence-corrected chi connectivity index (χ1v) is 11.5. The van der Waals surface area contributed by atoms with Gasteiger partial charge >= 0.3 is 0 Å². The standard InChI is InChI=1S/C27H33F2N3O2/c1-27(2,3)26(32(13-7-12-30)24(34)17-33)25-19(14-18-8-5-4-6-9-18)15-23(31-25)21-16-20(28)10-11-22(21)29/h4-6,8-11,16,26,33H,7,12-15,17,30H2,1-3H3. The third-order valence-corrected chi connectivity index (χ3v) is 5.95. The number of amides is 1. The molecule has 1 atom stereocenters. The van der Waals surface area contributed by atoms with E-state index in [-0.39, 0.29) is 5.56 Å². The molecule has 0 aromatic heterocycles. The summed E-state index contributed by atoms with van der Waals surface area (Å²) in [5.74, 6) is -1.50. The summed E-state index contributed by atoms with van der Waals surface area (Å²) >= 11 is 0. The van der Waals surface area contributed by atoms with Crippen LogP contribution in [0.3, 0.4) is 0 Å². The number of aliphatic hydroxyl groups excluding tert-OH is 1. The molecule has 0 fully saturated rings. The van der Waals surface area contributed by atoms with Crippen LogP contribution in [-0.4, -0.2) is 47.4 Å². The highest BCUT2D eigenvalue weighted by Crippen LogP contribution is 2.38. The molecule has 1 heterocycles. The molecule has 0 spiro atoms. The Hall–Kier alpha value is -2.90. The second-order valence-corrected chi connectivity index (χ2v) is 9.67. The molecule has 0 bridgehead atoms. The molecular weight excluding hydrogens is 436 g/mol. The summed E-state index contributed by atoms with van der Waals surface area (Å²) in [6, 6.07) is 12.7. The van der Waals surface area contributed by atoms with Crippen molar-refractivity contribution in [3.05, 3.63) is 82.6 Å². The number of aliphatic hydroxyl groups is 1. The summed E-state index contributed by atoms with van der Waals surface area (Å²) < 4.78 is 28.6. The molecule has 7 heteroatoms. The third kappa shape index (κ3) is 5.96. The van der Waals surface area contributed by atoms with Crippen molar-refractivity contribution in [2.45, 2.75) is 46.1 Å². The average molecular weight is 470 g/mol. The lowest BCUT2D eigenvalue weighted by Gasteiger charge is -2.40. The van der Waals surface area contributed by atoms with E-state index in [1.54, 1.807) is 4.90 Å². The van der Waals surface area contributed by atoms with Crippen LogP contribution in [0.5, 0.6) is 0 Å². The van der Waals surface area contributed by atoms with Gasteiger partial charge in [-0.2, -0.15) is 0 Å². The van der Waals surface area contributed by atoms with Crippen LogP contribution in [-0.2, 0) is 11.2 Å². The monoisotopic (exact) mass is 469 g/mol. The van der Waals surface area contributed by atoms with Crippen molar-refractivity contribution in [2.24, 2.45) is 16.1 Å². The second-order valence-electron chi connectivity index (χ2n) is 9.67. The molecule has 182 valence electrons. The summed E-state index contributed by atoms with van der Waals surface area (Å²) in [5.41, 5.74) is 8.48. The highest BCUT2D eigenvalue weighted by atomic mass is 19.1. The lowest BCUT2D eigenvalue weighted by Crippen LogP contribution is -2.50. The molecule has 5 nitrogen and oxygen atoms in total. The number of rotatable bonds is 9. The molecule has 34 heavy (non-hydrogen) atoms. The van der Waals surface area contributed by atoms with Crippen molar-refractivity contribution in [1.82, 2.24) is 4.90 Å². The van der Waals surface area contributed by atoms with Crippen molar-refractivity contribution < 1.29 is 18.7 Å². The van der Waals surface area contributed by atoms with Crippen molar-refractivity contribution in [2.75, 3.05) is 19.7 Å². The predicted octanol–water partition coefficient (Wildman–Crippen LogP) is 4.24. The normalized spacial score (nSPS) is 14.9. The summed E-state index contributed by atoms with van der Waals surface area (Å²) in [6.07, 6.45) is 1.47. The topological polar surface area (TPSA) is 78.9 Å². The number of nitrogens with two attached hydrogens (primary N) is 1. The van der Waals surface area contributed by atoms with Gasteiger partial charge in [0, 0.05) is 18.5 Å². The Balaban J connectivity index is 2.15. The van der Waals surface area contributed by atoms with Gasteiger partial charge in [-0.25, -0.2) is 8.78 Å². The molecule has 2 aromatic rings. The SMILES string of the molecule is CC(C)(C)C(C1=C(Cc2ccccc2)CC(c2cc(F)ccc2F)=N1)N(CCCN)C(=O)CO. The van der Waals surface area contributed by atoms with E-state index in [1.165, 1.54) is 0 Å². The number of hydrogen-bond acceptors (Lipinski definition) is 4. The Morgan fingerprint density at radius 2 is 1.88 bits per heavy atom. The average Bonchev–Trinajstić information content (AvgIpc) is 3.19. The van der Waals surface area contributed by atoms with Gasteiger partial charge in [0.25, 0.3) is 0 Å². The van der Waals surface area contributed by atoms with Crippen LogP contribution < -0.4 is 5.73 Å². The Morgan fingerprint density at radius 1 is 1.18 bits per heavy atom. The predicted molar refractivity (Wildman–Crippen MR) is 130 cm³/mol. The van der Waals surface area contributed by atoms with E-state index in [0.29, 0.717) is 43.8 Å². The zero-order chi connectivity index (χ0) is 24.9. The minimum Gasteiger partial charge on any atom is -0.387 e. The van der Waals surface area contributed by atoms with Gasteiger partial charge < -0.3 is 15.7 Å². The van der Waals surface area contributed by atoms with E-state index < -0.39 is 35.6 Å². The maximum absolute atomic E-state index is 14.7. The van der Waals surface area contributed by atoms with E-state index in [0.717, 1.165) is 29.3 Å². The largest absolute Gasteiger partial charge is 0.387 e. The van der Waals surface area contributed by atoms with Crippen molar-refractivity contribution in [3.8, 4) is 0 Å². The van der Waals surface area contributed by atoms with E-state index >= 15 is 0 Å². The molecule has 1 aliphatic rings.